The molecule has 282 valence electrons. The van der Waals surface area contributed by atoms with Gasteiger partial charge in [-0.1, -0.05) is 141 Å². The third-order valence-corrected chi connectivity index (χ3v) is 9.82. The summed E-state index contributed by atoms with van der Waals surface area (Å²) in [4.78, 5) is 16.7. The number of nitrogens with zero attached hydrogens (tertiary/aromatic N) is 2. The van der Waals surface area contributed by atoms with E-state index in [1.165, 1.54) is 154 Å². The number of esters is 1. The first-order valence-corrected chi connectivity index (χ1v) is 21.0. The SMILES string of the molecule is CCCCCCCC/C=C\CCCCCCC1CN(CCOC(=O)CCN(C)C)CC(CCCCCC/C=C\CCCCCCCC)O1. The van der Waals surface area contributed by atoms with Crippen molar-refractivity contribution < 1.29 is 14.3 Å². The topological polar surface area (TPSA) is 42.0 Å². The van der Waals surface area contributed by atoms with Gasteiger partial charge in [0.05, 0.1) is 18.6 Å². The summed E-state index contributed by atoms with van der Waals surface area (Å²) in [6, 6.07) is 0. The van der Waals surface area contributed by atoms with Crippen LogP contribution in [0.5, 0.6) is 0 Å². The third kappa shape index (κ3) is 29.7. The molecular weight excluding hydrogens is 592 g/mol. The number of unbranched alkanes of at least 4 members (excludes halogenated alkanes) is 20. The molecule has 0 aromatic heterocycles. The van der Waals surface area contributed by atoms with Gasteiger partial charge in [-0.3, -0.25) is 9.69 Å². The van der Waals surface area contributed by atoms with Crippen molar-refractivity contribution in [3.8, 4) is 0 Å². The summed E-state index contributed by atoms with van der Waals surface area (Å²) in [5.41, 5.74) is 0. The van der Waals surface area contributed by atoms with Gasteiger partial charge < -0.3 is 14.4 Å². The largest absolute Gasteiger partial charge is 0.464 e. The van der Waals surface area contributed by atoms with E-state index in [0.717, 1.165) is 39.0 Å². The van der Waals surface area contributed by atoms with Crippen LogP contribution in [0.2, 0.25) is 0 Å². The number of carbonyl (C=O) groups is 1. The Morgan fingerprint density at radius 1 is 0.625 bits per heavy atom. The molecule has 0 aromatic carbocycles. The molecule has 0 bridgehead atoms. The molecular formula is C43H82N2O3. The van der Waals surface area contributed by atoms with Crippen molar-refractivity contribution >= 4 is 5.97 Å². The Morgan fingerprint density at radius 3 is 1.44 bits per heavy atom. The average molecular weight is 675 g/mol. The molecule has 5 heteroatoms. The molecule has 1 fully saturated rings. The van der Waals surface area contributed by atoms with Crippen molar-refractivity contribution in [2.45, 2.75) is 199 Å². The van der Waals surface area contributed by atoms with Gasteiger partial charge in [0, 0.05) is 26.2 Å². The molecule has 0 radical (unpaired) electrons. The van der Waals surface area contributed by atoms with Crippen LogP contribution in [0.4, 0.5) is 0 Å². The maximum absolute atomic E-state index is 12.1. The molecule has 48 heavy (non-hydrogen) atoms. The lowest BCUT2D eigenvalue weighted by molar-refractivity contribution is -0.145. The van der Waals surface area contributed by atoms with E-state index in [-0.39, 0.29) is 5.97 Å². The lowest BCUT2D eigenvalue weighted by Crippen LogP contribution is -2.48. The molecule has 0 amide bonds. The third-order valence-electron chi connectivity index (χ3n) is 9.82. The second-order valence-electron chi connectivity index (χ2n) is 15.0. The van der Waals surface area contributed by atoms with Crippen molar-refractivity contribution in [1.29, 1.82) is 0 Å². The first-order chi connectivity index (χ1) is 23.5. The fraction of sp³-hybridized carbons (Fsp3) is 0.884. The van der Waals surface area contributed by atoms with Gasteiger partial charge in [-0.15, -0.1) is 0 Å². The quantitative estimate of drug-likeness (QED) is 0.0386. The molecule has 0 saturated carbocycles. The molecule has 0 N–H and O–H groups in total. The van der Waals surface area contributed by atoms with E-state index in [4.69, 9.17) is 9.47 Å². The van der Waals surface area contributed by atoms with Gasteiger partial charge in [-0.25, -0.2) is 0 Å². The lowest BCUT2D eigenvalue weighted by Gasteiger charge is -2.38. The Labute approximate surface area is 300 Å². The zero-order valence-corrected chi connectivity index (χ0v) is 32.7. The summed E-state index contributed by atoms with van der Waals surface area (Å²) in [6.45, 7) is 8.56. The van der Waals surface area contributed by atoms with Gasteiger partial charge in [-0.2, -0.15) is 0 Å². The summed E-state index contributed by atoms with van der Waals surface area (Å²) in [7, 11) is 3.98. The minimum absolute atomic E-state index is 0.0837. The Kier molecular flexibility index (Phi) is 32.0. The highest BCUT2D eigenvalue weighted by Gasteiger charge is 2.27. The Bertz CT molecular complexity index is 706. The molecule has 2 unspecified atom stereocenters. The van der Waals surface area contributed by atoms with Crippen LogP contribution in [0.1, 0.15) is 187 Å². The smallest absolute Gasteiger partial charge is 0.307 e. The number of rotatable bonds is 34. The van der Waals surface area contributed by atoms with Gasteiger partial charge in [0.25, 0.3) is 0 Å². The standard InChI is InChI=1S/C43H82N2O3/c1-5-7-9-11-13-15-17-19-21-23-25-27-29-31-33-41-39-45(37-38-47-43(46)35-36-44(3)4)40-42(48-41)34-32-30-28-26-24-22-20-18-16-14-12-10-8-6-2/h19-22,41-42H,5-18,23-40H2,1-4H3/b21-19-,22-20-. The van der Waals surface area contributed by atoms with Crippen molar-refractivity contribution in [2.24, 2.45) is 0 Å². The monoisotopic (exact) mass is 675 g/mol. The predicted octanol–water partition coefficient (Wildman–Crippen LogP) is 11.8. The van der Waals surface area contributed by atoms with E-state index in [2.05, 4.69) is 43.1 Å². The normalized spacial score (nSPS) is 17.4. The summed E-state index contributed by atoms with van der Waals surface area (Å²) in [5, 5.41) is 0. The van der Waals surface area contributed by atoms with Crippen molar-refractivity contribution in [1.82, 2.24) is 9.80 Å². The van der Waals surface area contributed by atoms with Crippen LogP contribution in [0.3, 0.4) is 0 Å². The number of hydrogen-bond acceptors (Lipinski definition) is 5. The van der Waals surface area contributed by atoms with E-state index in [1.807, 2.05) is 19.0 Å². The maximum Gasteiger partial charge on any atom is 0.307 e. The van der Waals surface area contributed by atoms with Crippen molar-refractivity contribution in [3.05, 3.63) is 24.3 Å². The van der Waals surface area contributed by atoms with E-state index in [1.54, 1.807) is 0 Å². The highest BCUT2D eigenvalue weighted by Crippen LogP contribution is 2.21. The summed E-state index contributed by atoms with van der Waals surface area (Å²) >= 11 is 0. The maximum atomic E-state index is 12.1. The Morgan fingerprint density at radius 2 is 1.02 bits per heavy atom. The molecule has 1 heterocycles. The van der Waals surface area contributed by atoms with Crippen molar-refractivity contribution in [2.75, 3.05) is 46.9 Å². The molecule has 1 saturated heterocycles. The molecule has 0 spiro atoms. The molecule has 2 atom stereocenters. The first-order valence-electron chi connectivity index (χ1n) is 21.0. The van der Waals surface area contributed by atoms with Gasteiger partial charge in [0.15, 0.2) is 0 Å². The molecule has 1 aliphatic heterocycles. The number of allylic oxidation sites excluding steroid dienone is 4. The fourth-order valence-corrected chi connectivity index (χ4v) is 6.72. The van der Waals surface area contributed by atoms with Crippen LogP contribution in [0.25, 0.3) is 0 Å². The highest BCUT2D eigenvalue weighted by molar-refractivity contribution is 5.69. The van der Waals surface area contributed by atoms with Gasteiger partial charge >= 0.3 is 5.97 Å². The molecule has 0 aromatic rings. The van der Waals surface area contributed by atoms with E-state index in [9.17, 15) is 4.79 Å². The average Bonchev–Trinajstić information content (AvgIpc) is 3.07. The minimum Gasteiger partial charge on any atom is -0.464 e. The van der Waals surface area contributed by atoms with Crippen molar-refractivity contribution in [3.63, 3.8) is 0 Å². The number of morpholine rings is 1. The molecule has 1 aliphatic rings. The molecule has 5 nitrogen and oxygen atoms in total. The summed E-state index contributed by atoms with van der Waals surface area (Å²) < 4.78 is 12.2. The number of carbonyl (C=O) groups excluding carboxylic acids is 1. The highest BCUT2D eigenvalue weighted by atomic mass is 16.5. The van der Waals surface area contributed by atoms with Crippen LogP contribution in [-0.4, -0.2) is 74.9 Å². The zero-order chi connectivity index (χ0) is 34.8. The van der Waals surface area contributed by atoms with Crippen LogP contribution < -0.4 is 0 Å². The fourth-order valence-electron chi connectivity index (χ4n) is 6.72. The van der Waals surface area contributed by atoms with Gasteiger partial charge in [-0.05, 0) is 78.3 Å². The number of hydrogen-bond donors (Lipinski definition) is 0. The van der Waals surface area contributed by atoms with Gasteiger partial charge in [0.1, 0.15) is 6.61 Å². The van der Waals surface area contributed by atoms with E-state index < -0.39 is 0 Å². The van der Waals surface area contributed by atoms with E-state index >= 15 is 0 Å². The minimum atomic E-state index is -0.0837. The van der Waals surface area contributed by atoms with E-state index in [0.29, 0.717) is 25.2 Å². The number of ether oxygens (including phenoxy) is 2. The van der Waals surface area contributed by atoms with Crippen LogP contribution in [-0.2, 0) is 14.3 Å². The summed E-state index contributed by atoms with van der Waals surface area (Å²) in [5.74, 6) is -0.0837. The summed E-state index contributed by atoms with van der Waals surface area (Å²) in [6.07, 6.45) is 45.0. The molecule has 1 rings (SSSR count). The Balaban J connectivity index is 2.27. The zero-order valence-electron chi connectivity index (χ0n) is 32.7. The predicted molar refractivity (Wildman–Crippen MR) is 209 cm³/mol. The van der Waals surface area contributed by atoms with Crippen LogP contribution in [0, 0.1) is 0 Å². The van der Waals surface area contributed by atoms with Gasteiger partial charge in [0.2, 0.25) is 0 Å². The second-order valence-corrected chi connectivity index (χ2v) is 15.0. The second kappa shape index (κ2) is 34.3. The van der Waals surface area contributed by atoms with Crippen LogP contribution in [0.15, 0.2) is 24.3 Å². The molecule has 0 aliphatic carbocycles. The first kappa shape index (κ1) is 44.9. The lowest BCUT2D eigenvalue weighted by atomic mass is 10.0. The Hall–Kier alpha value is -1.17. The van der Waals surface area contributed by atoms with Crippen LogP contribution >= 0.6 is 0 Å².